The van der Waals surface area contributed by atoms with E-state index in [-0.39, 0.29) is 24.5 Å². The summed E-state index contributed by atoms with van der Waals surface area (Å²) in [5, 5.41) is 9.18. The molecule has 1 fully saturated rings. The number of carboxylic acids is 1. The average molecular weight is 398 g/mol. The summed E-state index contributed by atoms with van der Waals surface area (Å²) in [6.45, 7) is 1.28. The summed E-state index contributed by atoms with van der Waals surface area (Å²) in [5.74, 6) is -0.909. The Morgan fingerprint density at radius 1 is 1.29 bits per heavy atom. The van der Waals surface area contributed by atoms with Gasteiger partial charge >= 0.3 is 5.97 Å². The molecule has 0 spiro atoms. The van der Waals surface area contributed by atoms with E-state index >= 15 is 0 Å². The third kappa shape index (κ3) is 3.95. The van der Waals surface area contributed by atoms with Crippen LogP contribution in [-0.4, -0.2) is 61.4 Å². The molecule has 0 aliphatic carbocycles. The van der Waals surface area contributed by atoms with Crippen LogP contribution < -0.4 is 0 Å². The summed E-state index contributed by atoms with van der Waals surface area (Å²) >= 11 is 9.08. The van der Waals surface area contributed by atoms with Gasteiger partial charge in [-0.15, -0.1) is 0 Å². The number of halogens is 2. The zero-order valence-corrected chi connectivity index (χ0v) is 14.2. The Morgan fingerprint density at radius 3 is 2.43 bits per heavy atom. The lowest BCUT2D eigenvalue weighted by molar-refractivity contribution is -0.138. The van der Waals surface area contributed by atoms with Crippen molar-refractivity contribution in [1.29, 1.82) is 0 Å². The number of rotatable bonds is 4. The first-order valence-corrected chi connectivity index (χ1v) is 8.81. The Bertz CT molecular complexity index is 645. The maximum atomic E-state index is 12.5. The SMILES string of the molecule is O=C(O)CN1CCN(S(=O)(=O)c2ccc(Cl)c(Br)c2)CC1. The summed E-state index contributed by atoms with van der Waals surface area (Å²) in [6.07, 6.45) is 0. The first kappa shape index (κ1) is 16.7. The second kappa shape index (κ2) is 6.62. The zero-order valence-electron chi connectivity index (χ0n) is 11.0. The minimum atomic E-state index is -3.58. The smallest absolute Gasteiger partial charge is 0.317 e. The van der Waals surface area contributed by atoms with E-state index in [0.717, 1.165) is 0 Å². The van der Waals surface area contributed by atoms with E-state index in [1.165, 1.54) is 22.5 Å². The fourth-order valence-corrected chi connectivity index (χ4v) is 4.20. The highest BCUT2D eigenvalue weighted by Crippen LogP contribution is 2.27. The van der Waals surface area contributed by atoms with Crippen LogP contribution in [0.3, 0.4) is 0 Å². The van der Waals surface area contributed by atoms with Crippen LogP contribution in [0.5, 0.6) is 0 Å². The molecule has 1 aromatic rings. The predicted octanol–water partition coefficient (Wildman–Crippen LogP) is 1.49. The first-order valence-electron chi connectivity index (χ1n) is 6.20. The number of sulfonamides is 1. The third-order valence-corrected chi connectivity index (χ3v) is 6.33. The van der Waals surface area contributed by atoms with Crippen molar-refractivity contribution >= 4 is 43.5 Å². The van der Waals surface area contributed by atoms with Gasteiger partial charge in [0, 0.05) is 30.7 Å². The monoisotopic (exact) mass is 396 g/mol. The van der Waals surface area contributed by atoms with Crippen LogP contribution in [0.2, 0.25) is 5.02 Å². The van der Waals surface area contributed by atoms with Gasteiger partial charge in [-0.2, -0.15) is 4.31 Å². The van der Waals surface area contributed by atoms with Gasteiger partial charge in [-0.25, -0.2) is 8.42 Å². The van der Waals surface area contributed by atoms with Gasteiger partial charge in [-0.1, -0.05) is 11.6 Å². The van der Waals surface area contributed by atoms with Gasteiger partial charge in [0.25, 0.3) is 0 Å². The summed E-state index contributed by atoms with van der Waals surface area (Å²) in [7, 11) is -3.58. The number of hydrogen-bond donors (Lipinski definition) is 1. The maximum Gasteiger partial charge on any atom is 0.317 e. The minimum Gasteiger partial charge on any atom is -0.480 e. The summed E-state index contributed by atoms with van der Waals surface area (Å²) in [5.41, 5.74) is 0. The number of nitrogens with zero attached hydrogens (tertiary/aromatic N) is 2. The predicted molar refractivity (Wildman–Crippen MR) is 82.0 cm³/mol. The van der Waals surface area contributed by atoms with Gasteiger partial charge in [-0.05, 0) is 34.1 Å². The van der Waals surface area contributed by atoms with Crippen LogP contribution >= 0.6 is 27.5 Å². The molecule has 0 radical (unpaired) electrons. The first-order chi connectivity index (χ1) is 9.80. The molecule has 1 aliphatic rings. The molecule has 1 heterocycles. The largest absolute Gasteiger partial charge is 0.480 e. The summed E-state index contributed by atoms with van der Waals surface area (Å²) in [4.78, 5) is 12.5. The number of carbonyl (C=O) groups is 1. The van der Waals surface area contributed by atoms with Gasteiger partial charge in [0.05, 0.1) is 16.5 Å². The van der Waals surface area contributed by atoms with E-state index in [9.17, 15) is 13.2 Å². The molecule has 1 N–H and O–H groups in total. The van der Waals surface area contributed by atoms with Gasteiger partial charge in [0.2, 0.25) is 10.0 Å². The molecule has 0 aromatic heterocycles. The van der Waals surface area contributed by atoms with Crippen molar-refractivity contribution in [3.8, 4) is 0 Å². The number of carboxylic acid groups (broad SMARTS) is 1. The van der Waals surface area contributed by atoms with E-state index in [2.05, 4.69) is 15.9 Å². The zero-order chi connectivity index (χ0) is 15.6. The highest BCUT2D eigenvalue weighted by Gasteiger charge is 2.29. The van der Waals surface area contributed by atoms with Gasteiger partial charge in [0.1, 0.15) is 0 Å². The van der Waals surface area contributed by atoms with E-state index in [1.54, 1.807) is 4.90 Å². The van der Waals surface area contributed by atoms with Gasteiger partial charge in [0.15, 0.2) is 0 Å². The quantitative estimate of drug-likeness (QED) is 0.833. The molecule has 1 aromatic carbocycles. The van der Waals surface area contributed by atoms with Crippen LogP contribution in [0, 0.1) is 0 Å². The minimum absolute atomic E-state index is 0.0691. The summed E-state index contributed by atoms with van der Waals surface area (Å²) < 4.78 is 26.9. The van der Waals surface area contributed by atoms with Gasteiger partial charge in [-0.3, -0.25) is 9.69 Å². The lowest BCUT2D eigenvalue weighted by atomic mass is 10.3. The number of aliphatic carboxylic acids is 1. The lowest BCUT2D eigenvalue weighted by Crippen LogP contribution is -2.49. The third-order valence-electron chi connectivity index (χ3n) is 3.22. The molecule has 0 unspecified atom stereocenters. The highest BCUT2D eigenvalue weighted by atomic mass is 79.9. The molecule has 2 rings (SSSR count). The Morgan fingerprint density at radius 2 is 1.90 bits per heavy atom. The molecule has 0 amide bonds. The molecule has 116 valence electrons. The molecule has 0 atom stereocenters. The van der Waals surface area contributed by atoms with E-state index in [4.69, 9.17) is 16.7 Å². The number of benzene rings is 1. The van der Waals surface area contributed by atoms with Crippen molar-refractivity contribution in [1.82, 2.24) is 9.21 Å². The highest BCUT2D eigenvalue weighted by molar-refractivity contribution is 9.10. The molecular formula is C12H14BrClN2O4S. The molecular weight excluding hydrogens is 384 g/mol. The van der Waals surface area contributed by atoms with Crippen molar-refractivity contribution in [3.05, 3.63) is 27.7 Å². The number of hydrogen-bond acceptors (Lipinski definition) is 4. The second-order valence-corrected chi connectivity index (χ2v) is 7.85. The molecule has 6 nitrogen and oxygen atoms in total. The number of piperazine rings is 1. The lowest BCUT2D eigenvalue weighted by Gasteiger charge is -2.33. The molecule has 1 saturated heterocycles. The van der Waals surface area contributed by atoms with Crippen LogP contribution in [0.25, 0.3) is 0 Å². The fourth-order valence-electron chi connectivity index (χ4n) is 2.11. The molecule has 1 aliphatic heterocycles. The summed E-state index contributed by atoms with van der Waals surface area (Å²) in [6, 6.07) is 4.46. The Hall–Kier alpha value is -0.670. The van der Waals surface area contributed by atoms with Crippen LogP contribution in [0.1, 0.15) is 0 Å². The van der Waals surface area contributed by atoms with E-state index < -0.39 is 16.0 Å². The second-order valence-electron chi connectivity index (χ2n) is 4.65. The van der Waals surface area contributed by atoms with Crippen LogP contribution in [0.15, 0.2) is 27.6 Å². The normalized spacial score (nSPS) is 17.8. The molecule has 9 heteroatoms. The topological polar surface area (TPSA) is 77.9 Å². The Kier molecular flexibility index (Phi) is 5.26. The molecule has 0 saturated carbocycles. The fraction of sp³-hybridized carbons (Fsp3) is 0.417. The molecule has 0 bridgehead atoms. The van der Waals surface area contributed by atoms with Crippen LogP contribution in [0.4, 0.5) is 0 Å². The van der Waals surface area contributed by atoms with Crippen molar-refractivity contribution < 1.29 is 18.3 Å². The van der Waals surface area contributed by atoms with Crippen molar-refractivity contribution in [2.45, 2.75) is 4.90 Å². The standard InChI is InChI=1S/C12H14BrClN2O4S/c13-10-7-9(1-2-11(10)14)21(19,20)16-5-3-15(4-6-16)8-12(17)18/h1-2,7H,3-6,8H2,(H,17,18). The van der Waals surface area contributed by atoms with Crippen LogP contribution in [-0.2, 0) is 14.8 Å². The van der Waals surface area contributed by atoms with Gasteiger partial charge < -0.3 is 5.11 Å². The van der Waals surface area contributed by atoms with Crippen molar-refractivity contribution in [2.24, 2.45) is 0 Å². The molecule has 21 heavy (non-hydrogen) atoms. The Balaban J connectivity index is 2.11. The van der Waals surface area contributed by atoms with Crippen molar-refractivity contribution in [2.75, 3.05) is 32.7 Å². The van der Waals surface area contributed by atoms with E-state index in [1.807, 2.05) is 0 Å². The average Bonchev–Trinajstić information content (AvgIpc) is 2.41. The Labute approximate surface area is 136 Å². The maximum absolute atomic E-state index is 12.5. The van der Waals surface area contributed by atoms with E-state index in [0.29, 0.717) is 22.6 Å². The van der Waals surface area contributed by atoms with Crippen molar-refractivity contribution in [3.63, 3.8) is 0 Å².